The Morgan fingerprint density at radius 3 is 2.89 bits per heavy atom. The molecule has 0 aromatic carbocycles. The largest absolute Gasteiger partial charge is 0.388 e. The number of aryl methyl sites for hydroxylation is 1. The van der Waals surface area contributed by atoms with E-state index in [1.165, 1.54) is 0 Å². The molecule has 5 nitrogen and oxygen atoms in total. The Labute approximate surface area is 118 Å². The van der Waals surface area contributed by atoms with Gasteiger partial charge in [-0.1, -0.05) is 11.6 Å². The zero-order valence-corrected chi connectivity index (χ0v) is 12.3. The molecule has 1 aromatic rings. The quantitative estimate of drug-likeness (QED) is 0.802. The van der Waals surface area contributed by atoms with E-state index in [2.05, 4.69) is 5.32 Å². The number of nitrogens with one attached hydrogen (secondary N) is 1. The van der Waals surface area contributed by atoms with Crippen LogP contribution in [0.25, 0.3) is 0 Å². The van der Waals surface area contributed by atoms with Crippen LogP contribution in [0.4, 0.5) is 0 Å². The van der Waals surface area contributed by atoms with Crippen molar-refractivity contribution in [1.82, 2.24) is 9.88 Å². The second kappa shape index (κ2) is 6.93. The molecule has 0 radical (unpaired) electrons. The highest BCUT2D eigenvalue weighted by Crippen LogP contribution is 2.14. The summed E-state index contributed by atoms with van der Waals surface area (Å²) >= 11 is 5.88. The summed E-state index contributed by atoms with van der Waals surface area (Å²) in [4.78, 5) is 12.0. The molecular formula is C13H21ClN2O3. The molecule has 0 fully saturated rings. The van der Waals surface area contributed by atoms with Crippen molar-refractivity contribution in [2.75, 3.05) is 20.3 Å². The van der Waals surface area contributed by atoms with Crippen LogP contribution in [0.2, 0.25) is 5.02 Å². The Morgan fingerprint density at radius 2 is 2.32 bits per heavy atom. The minimum absolute atomic E-state index is 0.168. The van der Waals surface area contributed by atoms with E-state index in [4.69, 9.17) is 16.3 Å². The molecule has 0 aliphatic rings. The summed E-state index contributed by atoms with van der Waals surface area (Å²) in [6.45, 7) is 4.87. The zero-order valence-electron chi connectivity index (χ0n) is 11.6. The number of hydrogen-bond acceptors (Lipinski definition) is 3. The normalized spacial score (nSPS) is 14.2. The molecule has 1 amide bonds. The van der Waals surface area contributed by atoms with Gasteiger partial charge in [-0.15, -0.1) is 0 Å². The fourth-order valence-electron chi connectivity index (χ4n) is 1.70. The number of methoxy groups -OCH3 is 1. The maximum atomic E-state index is 12.0. The van der Waals surface area contributed by atoms with Gasteiger partial charge < -0.3 is 19.7 Å². The lowest BCUT2D eigenvalue weighted by Gasteiger charge is -2.23. The van der Waals surface area contributed by atoms with Crippen LogP contribution < -0.4 is 5.32 Å². The summed E-state index contributed by atoms with van der Waals surface area (Å²) < 4.78 is 6.68. The van der Waals surface area contributed by atoms with Gasteiger partial charge in [0.05, 0.1) is 10.6 Å². The molecule has 1 aromatic heterocycles. The number of aliphatic hydroxyl groups is 1. The third-order valence-corrected chi connectivity index (χ3v) is 3.12. The van der Waals surface area contributed by atoms with E-state index in [0.717, 1.165) is 0 Å². The van der Waals surface area contributed by atoms with E-state index >= 15 is 0 Å². The van der Waals surface area contributed by atoms with E-state index in [9.17, 15) is 9.90 Å². The highest BCUT2D eigenvalue weighted by molar-refractivity contribution is 6.31. The molecule has 1 atom stereocenters. The first-order valence-corrected chi connectivity index (χ1v) is 6.62. The molecule has 0 bridgehead atoms. The van der Waals surface area contributed by atoms with Crippen molar-refractivity contribution in [2.45, 2.75) is 32.4 Å². The summed E-state index contributed by atoms with van der Waals surface area (Å²) in [5, 5.41) is 13.3. The molecule has 1 heterocycles. The van der Waals surface area contributed by atoms with Crippen molar-refractivity contribution in [1.29, 1.82) is 0 Å². The molecule has 0 saturated carbocycles. The van der Waals surface area contributed by atoms with Crippen molar-refractivity contribution in [3.05, 3.63) is 23.0 Å². The monoisotopic (exact) mass is 288 g/mol. The van der Waals surface area contributed by atoms with Crippen molar-refractivity contribution in [3.8, 4) is 0 Å². The second-order valence-electron chi connectivity index (χ2n) is 4.75. The summed E-state index contributed by atoms with van der Waals surface area (Å²) in [6, 6.07) is 1.62. The lowest BCUT2D eigenvalue weighted by atomic mass is 10.0. The first-order chi connectivity index (χ1) is 8.89. The van der Waals surface area contributed by atoms with Crippen LogP contribution in [0.1, 0.15) is 30.8 Å². The van der Waals surface area contributed by atoms with Gasteiger partial charge in [0.2, 0.25) is 0 Å². The number of carbonyl (C=O) groups excluding carboxylic acids is 1. The molecule has 0 aliphatic carbocycles. The third-order valence-electron chi connectivity index (χ3n) is 2.91. The van der Waals surface area contributed by atoms with Crippen LogP contribution in [0.3, 0.4) is 0 Å². The van der Waals surface area contributed by atoms with E-state index in [1.54, 1.807) is 30.9 Å². The van der Waals surface area contributed by atoms with Crippen LogP contribution in [-0.4, -0.2) is 41.4 Å². The highest BCUT2D eigenvalue weighted by atomic mass is 35.5. The van der Waals surface area contributed by atoms with Gasteiger partial charge in [0.25, 0.3) is 5.91 Å². The molecule has 19 heavy (non-hydrogen) atoms. The van der Waals surface area contributed by atoms with Crippen molar-refractivity contribution in [3.63, 3.8) is 0 Å². The Kier molecular flexibility index (Phi) is 5.85. The second-order valence-corrected chi connectivity index (χ2v) is 5.19. The highest BCUT2D eigenvalue weighted by Gasteiger charge is 2.22. The molecule has 6 heteroatoms. The van der Waals surface area contributed by atoms with Crippen LogP contribution in [0, 0.1) is 0 Å². The fraction of sp³-hybridized carbons (Fsp3) is 0.615. The van der Waals surface area contributed by atoms with Gasteiger partial charge in [-0.25, -0.2) is 0 Å². The zero-order chi connectivity index (χ0) is 14.5. The molecule has 0 spiro atoms. The number of hydrogen-bond donors (Lipinski definition) is 2. The summed E-state index contributed by atoms with van der Waals surface area (Å²) in [6.07, 6.45) is 2.17. The van der Waals surface area contributed by atoms with Crippen molar-refractivity contribution in [2.24, 2.45) is 0 Å². The summed E-state index contributed by atoms with van der Waals surface area (Å²) in [7, 11) is 1.57. The van der Waals surface area contributed by atoms with E-state index in [-0.39, 0.29) is 12.5 Å². The number of nitrogens with zero attached hydrogens (tertiary/aromatic N) is 1. The van der Waals surface area contributed by atoms with E-state index in [0.29, 0.717) is 30.3 Å². The Balaban J connectivity index is 2.60. The third kappa shape index (κ3) is 4.86. The van der Waals surface area contributed by atoms with E-state index < -0.39 is 5.60 Å². The Bertz CT molecular complexity index is 430. The van der Waals surface area contributed by atoms with Gasteiger partial charge in [-0.2, -0.15) is 0 Å². The SMILES string of the molecule is CCn1cc(Cl)cc1C(=O)NCC(C)(O)CCOC. The van der Waals surface area contributed by atoms with Crippen LogP contribution in [0.5, 0.6) is 0 Å². The van der Waals surface area contributed by atoms with Gasteiger partial charge in [0.15, 0.2) is 0 Å². The maximum absolute atomic E-state index is 12.0. The minimum Gasteiger partial charge on any atom is -0.388 e. The molecule has 1 unspecified atom stereocenters. The number of halogens is 1. The number of amides is 1. The smallest absolute Gasteiger partial charge is 0.268 e. The molecule has 0 saturated heterocycles. The Morgan fingerprint density at radius 1 is 1.63 bits per heavy atom. The first-order valence-electron chi connectivity index (χ1n) is 6.25. The van der Waals surface area contributed by atoms with Crippen LogP contribution in [-0.2, 0) is 11.3 Å². The maximum Gasteiger partial charge on any atom is 0.268 e. The number of aromatic nitrogens is 1. The lowest BCUT2D eigenvalue weighted by Crippen LogP contribution is -2.41. The van der Waals surface area contributed by atoms with Crippen LogP contribution in [0.15, 0.2) is 12.3 Å². The molecular weight excluding hydrogens is 268 g/mol. The molecule has 2 N–H and O–H groups in total. The van der Waals surface area contributed by atoms with Gasteiger partial charge >= 0.3 is 0 Å². The average Bonchev–Trinajstić information content (AvgIpc) is 2.75. The van der Waals surface area contributed by atoms with Gasteiger partial charge in [-0.05, 0) is 19.9 Å². The number of ether oxygens (including phenoxy) is 1. The predicted octanol–water partition coefficient (Wildman–Crippen LogP) is 1.68. The van der Waals surface area contributed by atoms with Gasteiger partial charge in [0, 0.05) is 39.4 Å². The standard InChI is InChI=1S/C13H21ClN2O3/c1-4-16-8-10(14)7-11(16)12(17)15-9-13(2,18)5-6-19-3/h7-8,18H,4-6,9H2,1-3H3,(H,15,17). The molecule has 1 rings (SSSR count). The summed E-state index contributed by atoms with van der Waals surface area (Å²) in [5.74, 6) is -0.244. The van der Waals surface area contributed by atoms with Crippen molar-refractivity contribution >= 4 is 17.5 Å². The Hall–Kier alpha value is -1.04. The molecule has 108 valence electrons. The van der Waals surface area contributed by atoms with Crippen LogP contribution >= 0.6 is 11.6 Å². The average molecular weight is 289 g/mol. The van der Waals surface area contributed by atoms with Crippen molar-refractivity contribution < 1.29 is 14.6 Å². The minimum atomic E-state index is -0.987. The first kappa shape index (κ1) is 16.0. The van der Waals surface area contributed by atoms with Gasteiger partial charge in [-0.3, -0.25) is 4.79 Å². The van der Waals surface area contributed by atoms with E-state index in [1.807, 2.05) is 6.92 Å². The lowest BCUT2D eigenvalue weighted by molar-refractivity contribution is 0.0242. The topological polar surface area (TPSA) is 63.5 Å². The number of rotatable bonds is 7. The fourth-order valence-corrected chi connectivity index (χ4v) is 1.92. The summed E-state index contributed by atoms with van der Waals surface area (Å²) in [5.41, 5.74) is -0.492. The number of carbonyl (C=O) groups is 1. The molecule has 0 aliphatic heterocycles. The van der Waals surface area contributed by atoms with Gasteiger partial charge in [0.1, 0.15) is 5.69 Å². The predicted molar refractivity (Wildman–Crippen MR) is 74.6 cm³/mol.